The molecule has 1 aliphatic rings. The van der Waals surface area contributed by atoms with Crippen molar-refractivity contribution in [2.75, 3.05) is 11.5 Å². The molecule has 1 amide bonds. The first-order valence-electron chi connectivity index (χ1n) is 9.47. The van der Waals surface area contributed by atoms with Crippen LogP contribution in [0, 0.1) is 0 Å². The molecule has 0 fully saturated rings. The fourth-order valence-electron chi connectivity index (χ4n) is 3.17. The van der Waals surface area contributed by atoms with Crippen LogP contribution in [0.2, 0.25) is 0 Å². The highest BCUT2D eigenvalue weighted by molar-refractivity contribution is 7.15. The van der Waals surface area contributed by atoms with Crippen LogP contribution in [-0.2, 0) is 28.9 Å². The number of amides is 1. The lowest BCUT2D eigenvalue weighted by Gasteiger charge is -2.20. The smallest absolute Gasteiger partial charge is 0.359 e. The van der Waals surface area contributed by atoms with Gasteiger partial charge in [0.1, 0.15) is 0 Å². The average Bonchev–Trinajstić information content (AvgIpc) is 3.21. The number of fused-ring (bicyclic) bond motifs is 1. The first kappa shape index (κ1) is 19.2. The third-order valence-electron chi connectivity index (χ3n) is 4.65. The SMILES string of the molecule is O=C(OCC(=O)N(Cc1ccccc1)c1nc2c(s1)CCCC2)c1cnccn1. The number of anilines is 1. The van der Waals surface area contributed by atoms with Crippen molar-refractivity contribution in [2.45, 2.75) is 32.2 Å². The molecule has 0 spiro atoms. The predicted octanol–water partition coefficient (Wildman–Crippen LogP) is 3.20. The summed E-state index contributed by atoms with van der Waals surface area (Å²) in [4.78, 5) is 40.4. The summed E-state index contributed by atoms with van der Waals surface area (Å²) in [6.07, 6.45) is 8.40. The van der Waals surface area contributed by atoms with Crippen molar-refractivity contribution in [3.63, 3.8) is 0 Å². The van der Waals surface area contributed by atoms with E-state index < -0.39 is 5.97 Å². The van der Waals surface area contributed by atoms with Crippen LogP contribution in [0.15, 0.2) is 48.9 Å². The maximum atomic E-state index is 13.0. The zero-order chi connectivity index (χ0) is 20.1. The van der Waals surface area contributed by atoms with E-state index in [1.54, 1.807) is 16.2 Å². The number of thiazole rings is 1. The molecule has 0 saturated carbocycles. The van der Waals surface area contributed by atoms with E-state index in [9.17, 15) is 9.59 Å². The molecule has 0 aliphatic heterocycles. The van der Waals surface area contributed by atoms with Crippen LogP contribution in [0.3, 0.4) is 0 Å². The Kier molecular flexibility index (Phi) is 5.90. The Balaban J connectivity index is 1.52. The Morgan fingerprint density at radius 3 is 2.69 bits per heavy atom. The van der Waals surface area contributed by atoms with Gasteiger partial charge < -0.3 is 4.74 Å². The Hall–Kier alpha value is -3.13. The van der Waals surface area contributed by atoms with Crippen molar-refractivity contribution in [3.8, 4) is 0 Å². The highest BCUT2D eigenvalue weighted by atomic mass is 32.1. The number of nitrogens with zero attached hydrogens (tertiary/aromatic N) is 4. The Morgan fingerprint density at radius 2 is 1.93 bits per heavy atom. The lowest BCUT2D eigenvalue weighted by atomic mass is 10.0. The highest BCUT2D eigenvalue weighted by Gasteiger charge is 2.24. The van der Waals surface area contributed by atoms with Gasteiger partial charge in [0.25, 0.3) is 5.91 Å². The van der Waals surface area contributed by atoms with E-state index in [0.717, 1.165) is 36.9 Å². The normalized spacial score (nSPS) is 12.8. The number of esters is 1. The number of ether oxygens (including phenoxy) is 1. The summed E-state index contributed by atoms with van der Waals surface area (Å²) in [5, 5.41) is 0.654. The monoisotopic (exact) mass is 408 g/mol. The number of rotatable bonds is 6. The van der Waals surface area contributed by atoms with Gasteiger partial charge in [0.2, 0.25) is 0 Å². The molecule has 0 radical (unpaired) electrons. The van der Waals surface area contributed by atoms with Gasteiger partial charge in [0.15, 0.2) is 17.4 Å². The first-order chi connectivity index (χ1) is 14.2. The first-order valence-corrected chi connectivity index (χ1v) is 10.3. The molecule has 1 aliphatic carbocycles. The topological polar surface area (TPSA) is 85.3 Å². The molecule has 0 bridgehead atoms. The summed E-state index contributed by atoms with van der Waals surface area (Å²) in [6, 6.07) is 9.71. The number of benzene rings is 1. The van der Waals surface area contributed by atoms with Gasteiger partial charge in [0, 0.05) is 17.3 Å². The number of hydrogen-bond donors (Lipinski definition) is 0. The Labute approximate surface area is 172 Å². The molecule has 0 N–H and O–H groups in total. The number of aromatic nitrogens is 3. The third-order valence-corrected chi connectivity index (χ3v) is 5.83. The molecule has 29 heavy (non-hydrogen) atoms. The van der Waals surface area contributed by atoms with Crippen LogP contribution >= 0.6 is 11.3 Å². The number of carbonyl (C=O) groups is 2. The fourth-order valence-corrected chi connectivity index (χ4v) is 4.33. The fraction of sp³-hybridized carbons (Fsp3) is 0.286. The van der Waals surface area contributed by atoms with Gasteiger partial charge in [-0.2, -0.15) is 0 Å². The molecule has 3 aromatic rings. The molecule has 0 unspecified atom stereocenters. The molecule has 0 atom stereocenters. The van der Waals surface area contributed by atoms with Gasteiger partial charge >= 0.3 is 5.97 Å². The van der Waals surface area contributed by atoms with Crippen molar-refractivity contribution in [1.29, 1.82) is 0 Å². The lowest BCUT2D eigenvalue weighted by molar-refractivity contribution is -0.121. The second-order valence-electron chi connectivity index (χ2n) is 6.71. The second kappa shape index (κ2) is 8.91. The number of hydrogen-bond acceptors (Lipinski definition) is 7. The van der Waals surface area contributed by atoms with Gasteiger partial charge in [0.05, 0.1) is 18.4 Å². The largest absolute Gasteiger partial charge is 0.451 e. The second-order valence-corrected chi connectivity index (χ2v) is 7.77. The molecule has 2 heterocycles. The van der Waals surface area contributed by atoms with Gasteiger partial charge in [-0.05, 0) is 31.2 Å². The van der Waals surface area contributed by atoms with Gasteiger partial charge in [-0.15, -0.1) is 11.3 Å². The van der Waals surface area contributed by atoms with Gasteiger partial charge in [-0.3, -0.25) is 14.7 Å². The van der Waals surface area contributed by atoms with Crippen molar-refractivity contribution >= 4 is 28.3 Å². The summed E-state index contributed by atoms with van der Waals surface area (Å²) in [6.45, 7) is -0.0127. The Morgan fingerprint density at radius 1 is 1.10 bits per heavy atom. The molecule has 7 nitrogen and oxygen atoms in total. The minimum Gasteiger partial charge on any atom is -0.451 e. The van der Waals surface area contributed by atoms with Crippen molar-refractivity contribution in [2.24, 2.45) is 0 Å². The summed E-state index contributed by atoms with van der Waals surface area (Å²) < 4.78 is 5.18. The van der Waals surface area contributed by atoms with Crippen LogP contribution in [-0.4, -0.2) is 33.4 Å². The van der Waals surface area contributed by atoms with E-state index in [1.807, 2.05) is 30.3 Å². The summed E-state index contributed by atoms with van der Waals surface area (Å²) in [5.41, 5.74) is 2.13. The van der Waals surface area contributed by atoms with E-state index in [2.05, 4.69) is 9.97 Å². The van der Waals surface area contributed by atoms with E-state index in [1.165, 1.54) is 23.5 Å². The maximum absolute atomic E-state index is 13.0. The van der Waals surface area contributed by atoms with Crippen molar-refractivity contribution in [3.05, 3.63) is 70.8 Å². The summed E-state index contributed by atoms with van der Waals surface area (Å²) >= 11 is 1.55. The maximum Gasteiger partial charge on any atom is 0.359 e. The molecule has 1 aromatic carbocycles. The van der Waals surface area contributed by atoms with Crippen LogP contribution in [0.1, 0.15) is 39.5 Å². The molecular weight excluding hydrogens is 388 g/mol. The van der Waals surface area contributed by atoms with Gasteiger partial charge in [-0.1, -0.05) is 30.3 Å². The third kappa shape index (κ3) is 4.65. The average molecular weight is 408 g/mol. The van der Waals surface area contributed by atoms with E-state index in [-0.39, 0.29) is 18.2 Å². The molecule has 4 rings (SSSR count). The highest BCUT2D eigenvalue weighted by Crippen LogP contribution is 2.32. The Bertz CT molecular complexity index is 968. The van der Waals surface area contributed by atoms with Crippen molar-refractivity contribution in [1.82, 2.24) is 15.0 Å². The zero-order valence-electron chi connectivity index (χ0n) is 15.8. The summed E-state index contributed by atoms with van der Waals surface area (Å²) in [7, 11) is 0. The van der Waals surface area contributed by atoms with Crippen molar-refractivity contribution < 1.29 is 14.3 Å². The predicted molar refractivity (Wildman–Crippen MR) is 109 cm³/mol. The van der Waals surface area contributed by atoms with Gasteiger partial charge in [-0.25, -0.2) is 14.8 Å². The summed E-state index contributed by atoms with van der Waals surface area (Å²) in [5.74, 6) is -0.998. The standard InChI is InChI=1S/C21H20N4O3S/c26-19(14-28-20(27)17-12-22-10-11-23-17)25(13-15-6-2-1-3-7-15)21-24-16-8-4-5-9-18(16)29-21/h1-3,6-7,10-12H,4-5,8-9,13-14H2. The van der Waals surface area contributed by atoms with E-state index in [4.69, 9.17) is 9.72 Å². The zero-order valence-corrected chi connectivity index (χ0v) is 16.6. The van der Waals surface area contributed by atoms with Crippen LogP contribution in [0.4, 0.5) is 5.13 Å². The van der Waals surface area contributed by atoms with Crippen LogP contribution in [0.25, 0.3) is 0 Å². The molecule has 0 saturated heterocycles. The lowest BCUT2D eigenvalue weighted by Crippen LogP contribution is -2.34. The van der Waals surface area contributed by atoms with E-state index in [0.29, 0.717) is 11.7 Å². The number of aryl methyl sites for hydroxylation is 2. The molecule has 2 aromatic heterocycles. The van der Waals surface area contributed by atoms with Crippen LogP contribution < -0.4 is 4.90 Å². The molecule has 8 heteroatoms. The molecular formula is C21H20N4O3S. The van der Waals surface area contributed by atoms with E-state index >= 15 is 0 Å². The van der Waals surface area contributed by atoms with Crippen LogP contribution in [0.5, 0.6) is 0 Å². The number of carbonyl (C=O) groups excluding carboxylic acids is 2. The molecule has 148 valence electrons. The minimum absolute atomic E-state index is 0.0691. The minimum atomic E-state index is -0.676. The quantitative estimate of drug-likeness (QED) is 0.582.